The van der Waals surface area contributed by atoms with E-state index in [0.717, 1.165) is 12.8 Å². The molecule has 1 aliphatic heterocycles. The van der Waals surface area contributed by atoms with Gasteiger partial charge in [-0.1, -0.05) is 4.98 Å². The van der Waals surface area contributed by atoms with Crippen molar-refractivity contribution >= 4 is 17.0 Å². The number of ether oxygens (including phenoxy) is 1. The Kier molecular flexibility index (Phi) is 2.76. The van der Waals surface area contributed by atoms with E-state index in [4.69, 9.17) is 15.6 Å². The zero-order chi connectivity index (χ0) is 13.6. The average molecular weight is 265 g/mol. The minimum atomic E-state index is -0.226. The Balaban J connectivity index is 2.06. The van der Waals surface area contributed by atoms with Crippen molar-refractivity contribution in [2.75, 3.05) is 12.3 Å². The van der Waals surface area contributed by atoms with Crippen molar-refractivity contribution in [1.82, 2.24) is 14.5 Å². The fourth-order valence-corrected chi connectivity index (χ4v) is 2.35. The number of imidazole rings is 1. The number of nitrogen functional groups attached to an aromatic ring is 1. The molecule has 3 N–H and O–H groups in total. The number of anilines is 1. The predicted octanol–water partition coefficient (Wildman–Crippen LogP) is -0.375. The molecule has 1 fully saturated rings. The van der Waals surface area contributed by atoms with Crippen LogP contribution in [0.4, 0.5) is 5.82 Å². The van der Waals surface area contributed by atoms with Crippen LogP contribution in [0.15, 0.2) is 6.33 Å². The summed E-state index contributed by atoms with van der Waals surface area (Å²) in [5, 5.41) is 20.7. The number of fused-ring (bicyclic) bond motifs is 1. The van der Waals surface area contributed by atoms with Gasteiger partial charge in [-0.05, 0) is 12.8 Å². The van der Waals surface area contributed by atoms with E-state index in [1.807, 2.05) is 0 Å². The van der Waals surface area contributed by atoms with Crippen LogP contribution in [0.1, 0.15) is 24.9 Å². The van der Waals surface area contributed by atoms with Gasteiger partial charge in [-0.25, -0.2) is 9.71 Å². The van der Waals surface area contributed by atoms with Crippen LogP contribution in [-0.2, 0) is 4.74 Å². The highest BCUT2D eigenvalue weighted by Gasteiger charge is 2.29. The van der Waals surface area contributed by atoms with Gasteiger partial charge in [0, 0.05) is 6.92 Å². The number of aliphatic hydroxyl groups is 1. The molecule has 3 rings (SSSR count). The number of aryl methyl sites for hydroxylation is 1. The topological polar surface area (TPSA) is 113 Å². The van der Waals surface area contributed by atoms with E-state index in [-0.39, 0.29) is 30.6 Å². The van der Waals surface area contributed by atoms with Crippen LogP contribution < -0.4 is 10.5 Å². The van der Waals surface area contributed by atoms with Gasteiger partial charge < -0.3 is 20.8 Å². The molecule has 0 radical (unpaired) electrons. The SMILES string of the molecule is Cc1nc2c(ncn2[C@H]2CC[C@@H](CO)O2)c(N)[n+]1[O-]. The van der Waals surface area contributed by atoms with E-state index in [9.17, 15) is 5.21 Å². The summed E-state index contributed by atoms with van der Waals surface area (Å²) < 4.78 is 8.00. The molecule has 0 spiro atoms. The molecule has 19 heavy (non-hydrogen) atoms. The maximum Gasteiger partial charge on any atom is 0.251 e. The maximum atomic E-state index is 11.6. The molecule has 2 aromatic heterocycles. The highest BCUT2D eigenvalue weighted by atomic mass is 16.5. The third-order valence-electron chi connectivity index (χ3n) is 3.39. The lowest BCUT2D eigenvalue weighted by molar-refractivity contribution is -0.599. The number of nitrogens with two attached hydrogens (primary N) is 1. The average Bonchev–Trinajstić information content (AvgIpc) is 3.01. The first-order valence-corrected chi connectivity index (χ1v) is 6.10. The van der Waals surface area contributed by atoms with Gasteiger partial charge >= 0.3 is 0 Å². The second-order valence-corrected chi connectivity index (χ2v) is 4.64. The summed E-state index contributed by atoms with van der Waals surface area (Å²) in [6, 6.07) is 0. The summed E-state index contributed by atoms with van der Waals surface area (Å²) in [4.78, 5) is 8.35. The van der Waals surface area contributed by atoms with Gasteiger partial charge in [0.2, 0.25) is 11.5 Å². The second-order valence-electron chi connectivity index (χ2n) is 4.64. The molecule has 0 saturated carbocycles. The first-order valence-electron chi connectivity index (χ1n) is 6.10. The number of rotatable bonds is 2. The number of nitrogens with zero attached hydrogens (tertiary/aromatic N) is 4. The van der Waals surface area contributed by atoms with Crippen LogP contribution in [0.3, 0.4) is 0 Å². The van der Waals surface area contributed by atoms with Crippen LogP contribution >= 0.6 is 0 Å². The van der Waals surface area contributed by atoms with Gasteiger partial charge in [0.1, 0.15) is 12.6 Å². The Morgan fingerprint density at radius 1 is 1.63 bits per heavy atom. The van der Waals surface area contributed by atoms with Crippen LogP contribution in [0, 0.1) is 12.1 Å². The number of hydrogen-bond donors (Lipinski definition) is 2. The van der Waals surface area contributed by atoms with Crippen molar-refractivity contribution < 1.29 is 14.6 Å². The van der Waals surface area contributed by atoms with E-state index in [2.05, 4.69) is 9.97 Å². The lowest BCUT2D eigenvalue weighted by Gasteiger charge is -2.13. The van der Waals surface area contributed by atoms with E-state index in [0.29, 0.717) is 15.9 Å². The molecule has 0 aliphatic carbocycles. The third kappa shape index (κ3) is 1.80. The van der Waals surface area contributed by atoms with Gasteiger partial charge in [-0.2, -0.15) is 0 Å². The third-order valence-corrected chi connectivity index (χ3v) is 3.39. The monoisotopic (exact) mass is 265 g/mol. The fraction of sp³-hybridized carbons (Fsp3) is 0.545. The van der Waals surface area contributed by atoms with Crippen LogP contribution in [0.2, 0.25) is 0 Å². The molecule has 0 aromatic carbocycles. The van der Waals surface area contributed by atoms with Crippen LogP contribution in [0.5, 0.6) is 0 Å². The van der Waals surface area contributed by atoms with Crippen molar-refractivity contribution in [3.63, 3.8) is 0 Å². The fourth-order valence-electron chi connectivity index (χ4n) is 2.35. The molecule has 1 aliphatic rings. The summed E-state index contributed by atoms with van der Waals surface area (Å²) in [5.74, 6) is 0.307. The molecule has 0 unspecified atom stereocenters. The molecule has 2 aromatic rings. The molecule has 2 atom stereocenters. The summed E-state index contributed by atoms with van der Waals surface area (Å²) in [6.45, 7) is 1.59. The zero-order valence-electron chi connectivity index (χ0n) is 10.5. The molecule has 0 amide bonds. The summed E-state index contributed by atoms with van der Waals surface area (Å²) in [7, 11) is 0. The number of aromatic nitrogens is 4. The standard InChI is InChI=1S/C11H15N5O3/c1-6-14-11-9(10(12)16(6)18)13-5-15(11)8-3-2-7(4-17)19-8/h5,7-8,17H,2-4,12H2,1H3/t7-,8+/m0/s1. The smallest absolute Gasteiger partial charge is 0.251 e. The van der Waals surface area contributed by atoms with Gasteiger partial charge in [0.15, 0.2) is 5.52 Å². The molecule has 0 bridgehead atoms. The summed E-state index contributed by atoms with van der Waals surface area (Å²) >= 11 is 0. The highest BCUT2D eigenvalue weighted by Crippen LogP contribution is 2.30. The van der Waals surface area contributed by atoms with Gasteiger partial charge in [0.05, 0.1) is 12.7 Å². The Labute approximate surface area is 109 Å². The largest absolute Gasteiger partial charge is 0.740 e. The number of hydrogen-bond acceptors (Lipinski definition) is 6. The minimum Gasteiger partial charge on any atom is -0.740 e. The van der Waals surface area contributed by atoms with E-state index < -0.39 is 0 Å². The highest BCUT2D eigenvalue weighted by molar-refractivity contribution is 5.79. The molecular formula is C11H15N5O3. The molecule has 102 valence electrons. The van der Waals surface area contributed by atoms with Gasteiger partial charge in [0.25, 0.3) is 5.82 Å². The molecule has 8 heteroatoms. The Hall–Kier alpha value is -1.93. The van der Waals surface area contributed by atoms with Crippen molar-refractivity contribution in [3.05, 3.63) is 17.4 Å². The molecule has 8 nitrogen and oxygen atoms in total. The Bertz CT molecular complexity index is 626. The van der Waals surface area contributed by atoms with Crippen molar-refractivity contribution in [3.8, 4) is 0 Å². The van der Waals surface area contributed by atoms with E-state index in [1.54, 1.807) is 17.8 Å². The molecule has 1 saturated heterocycles. The number of aliphatic hydroxyl groups excluding tert-OH is 1. The van der Waals surface area contributed by atoms with Crippen molar-refractivity contribution in [2.45, 2.75) is 32.1 Å². The first kappa shape index (κ1) is 12.1. The Morgan fingerprint density at radius 3 is 3.11 bits per heavy atom. The van der Waals surface area contributed by atoms with Gasteiger partial charge in [-0.3, -0.25) is 4.57 Å². The van der Waals surface area contributed by atoms with Gasteiger partial charge in [-0.15, -0.1) is 0 Å². The lowest BCUT2D eigenvalue weighted by Crippen LogP contribution is -2.35. The second kappa shape index (κ2) is 4.32. The van der Waals surface area contributed by atoms with E-state index in [1.165, 1.54) is 0 Å². The molecular weight excluding hydrogens is 250 g/mol. The van der Waals surface area contributed by atoms with Crippen molar-refractivity contribution in [2.24, 2.45) is 0 Å². The quantitative estimate of drug-likeness (QED) is 0.565. The summed E-state index contributed by atoms with van der Waals surface area (Å²) in [5.41, 5.74) is 6.64. The van der Waals surface area contributed by atoms with E-state index >= 15 is 0 Å². The lowest BCUT2D eigenvalue weighted by atomic mass is 10.2. The zero-order valence-corrected chi connectivity index (χ0v) is 10.5. The predicted molar refractivity (Wildman–Crippen MR) is 65.9 cm³/mol. The molecule has 3 heterocycles. The minimum absolute atomic E-state index is 0.00170. The Morgan fingerprint density at radius 2 is 2.42 bits per heavy atom. The van der Waals surface area contributed by atoms with Crippen LogP contribution in [0.25, 0.3) is 11.2 Å². The van der Waals surface area contributed by atoms with Crippen LogP contribution in [-0.4, -0.2) is 32.4 Å². The first-order chi connectivity index (χ1) is 9.11. The maximum absolute atomic E-state index is 11.6. The van der Waals surface area contributed by atoms with Crippen molar-refractivity contribution in [1.29, 1.82) is 0 Å². The normalized spacial score (nSPS) is 23.3. The summed E-state index contributed by atoms with van der Waals surface area (Å²) in [6.07, 6.45) is 2.73.